The van der Waals surface area contributed by atoms with Gasteiger partial charge in [0, 0.05) is 10.7 Å². The van der Waals surface area contributed by atoms with Crippen LogP contribution in [0.3, 0.4) is 0 Å². The molecule has 90 valence electrons. The lowest BCUT2D eigenvalue weighted by Gasteiger charge is -2.06. The minimum absolute atomic E-state index is 0.482. The Morgan fingerprint density at radius 1 is 1.50 bits per heavy atom. The van der Waals surface area contributed by atoms with Crippen molar-refractivity contribution in [3.63, 3.8) is 0 Å². The first-order valence-electron chi connectivity index (χ1n) is 3.81. The van der Waals surface area contributed by atoms with Crippen molar-refractivity contribution in [3.8, 4) is 5.88 Å². The van der Waals surface area contributed by atoms with E-state index in [0.717, 1.165) is 7.11 Å². The predicted molar refractivity (Wildman–Crippen MR) is 51.6 cm³/mol. The van der Waals surface area contributed by atoms with Crippen molar-refractivity contribution in [1.82, 2.24) is 4.98 Å². The van der Waals surface area contributed by atoms with E-state index in [1.165, 1.54) is 0 Å². The quantitative estimate of drug-likeness (QED) is 0.841. The molecule has 0 amide bonds. The van der Waals surface area contributed by atoms with E-state index >= 15 is 0 Å². The van der Waals surface area contributed by atoms with Crippen LogP contribution in [-0.4, -0.2) is 20.5 Å². The molecule has 0 aromatic carbocycles. The largest absolute Gasteiger partial charge is 0.481 e. The number of aromatic nitrogens is 1. The van der Waals surface area contributed by atoms with E-state index in [1.54, 1.807) is 0 Å². The van der Waals surface area contributed by atoms with Gasteiger partial charge < -0.3 is 4.74 Å². The van der Waals surface area contributed by atoms with Crippen molar-refractivity contribution in [2.75, 3.05) is 7.11 Å². The first-order chi connectivity index (χ1) is 7.27. The number of H-pyrrole nitrogens is 1. The van der Waals surface area contributed by atoms with Gasteiger partial charge in [0.2, 0.25) is 5.88 Å². The minimum atomic E-state index is -4.27. The van der Waals surface area contributed by atoms with Crippen molar-refractivity contribution in [3.05, 3.63) is 22.0 Å². The van der Waals surface area contributed by atoms with Crippen molar-refractivity contribution >= 4 is 19.7 Å². The van der Waals surface area contributed by atoms with Crippen LogP contribution < -0.4 is 10.3 Å². The third-order valence-corrected chi connectivity index (χ3v) is 3.03. The molecular weight excluding hydrogens is 268 g/mol. The average Bonchev–Trinajstić information content (AvgIpc) is 2.14. The summed E-state index contributed by atoms with van der Waals surface area (Å²) in [6.45, 7) is 0. The van der Waals surface area contributed by atoms with Crippen LogP contribution in [0.1, 0.15) is 12.0 Å². The zero-order valence-corrected chi connectivity index (χ0v) is 9.40. The van der Waals surface area contributed by atoms with Gasteiger partial charge in [0.1, 0.15) is 4.90 Å². The zero-order valence-electron chi connectivity index (χ0n) is 7.83. The van der Waals surface area contributed by atoms with Gasteiger partial charge in [-0.3, -0.25) is 9.78 Å². The van der Waals surface area contributed by atoms with E-state index in [0.29, 0.717) is 6.07 Å². The van der Waals surface area contributed by atoms with Gasteiger partial charge in [-0.2, -0.15) is 0 Å². The molecule has 0 atom stereocenters. The van der Waals surface area contributed by atoms with Gasteiger partial charge in [-0.1, -0.05) is 0 Å². The highest BCUT2D eigenvalue weighted by Gasteiger charge is 2.23. The number of methoxy groups -OCH3 is 1. The van der Waals surface area contributed by atoms with Gasteiger partial charge in [-0.25, -0.2) is 17.2 Å². The number of hydrogen-bond acceptors (Lipinski definition) is 4. The Morgan fingerprint density at radius 3 is 2.44 bits per heavy atom. The minimum Gasteiger partial charge on any atom is -0.481 e. The summed E-state index contributed by atoms with van der Waals surface area (Å²) < 4.78 is 51.2. The summed E-state index contributed by atoms with van der Waals surface area (Å²) in [6, 6.07) is 0.491. The molecule has 0 unspecified atom stereocenters. The second-order valence-electron chi connectivity index (χ2n) is 2.69. The van der Waals surface area contributed by atoms with E-state index in [-0.39, 0.29) is 0 Å². The molecule has 1 rings (SSSR count). The highest BCUT2D eigenvalue weighted by Crippen LogP contribution is 2.26. The second-order valence-corrected chi connectivity index (χ2v) is 5.22. The molecule has 0 saturated carbocycles. The monoisotopic (exact) mass is 273 g/mol. The van der Waals surface area contributed by atoms with Crippen LogP contribution in [0.15, 0.2) is 15.8 Å². The third kappa shape index (κ3) is 2.50. The van der Waals surface area contributed by atoms with Crippen LogP contribution in [0.5, 0.6) is 5.88 Å². The number of pyridine rings is 1. The van der Waals surface area contributed by atoms with Crippen LogP contribution in [0.2, 0.25) is 0 Å². The number of nitrogens with one attached hydrogen (secondary N) is 1. The second kappa shape index (κ2) is 4.38. The molecule has 0 aliphatic carbocycles. The van der Waals surface area contributed by atoms with Crippen molar-refractivity contribution < 1.29 is 21.9 Å². The van der Waals surface area contributed by atoms with Crippen LogP contribution in [0.25, 0.3) is 0 Å². The maximum absolute atomic E-state index is 12.3. The molecule has 5 nitrogen and oxygen atoms in total. The summed E-state index contributed by atoms with van der Waals surface area (Å²) in [6.07, 6.45) is -3.10. The smallest absolute Gasteiger partial charge is 0.269 e. The van der Waals surface area contributed by atoms with Crippen LogP contribution >= 0.6 is 10.7 Å². The third-order valence-electron chi connectivity index (χ3n) is 1.70. The highest BCUT2D eigenvalue weighted by atomic mass is 35.7. The van der Waals surface area contributed by atoms with E-state index in [9.17, 15) is 22.0 Å². The Morgan fingerprint density at radius 2 is 2.06 bits per heavy atom. The molecule has 9 heteroatoms. The number of halogens is 3. The van der Waals surface area contributed by atoms with Crippen molar-refractivity contribution in [2.45, 2.75) is 11.3 Å². The first kappa shape index (κ1) is 12.9. The summed E-state index contributed by atoms with van der Waals surface area (Å²) >= 11 is 0. The average molecular weight is 274 g/mol. The molecule has 1 heterocycles. The van der Waals surface area contributed by atoms with Gasteiger partial charge in [0.25, 0.3) is 21.0 Å². The molecule has 16 heavy (non-hydrogen) atoms. The molecule has 0 aliphatic rings. The first-order valence-corrected chi connectivity index (χ1v) is 6.12. The topological polar surface area (TPSA) is 76.2 Å². The summed E-state index contributed by atoms with van der Waals surface area (Å²) in [5, 5.41) is 0. The summed E-state index contributed by atoms with van der Waals surface area (Å²) in [4.78, 5) is 12.2. The zero-order chi connectivity index (χ0) is 12.5. The molecule has 0 fully saturated rings. The van der Waals surface area contributed by atoms with E-state index in [1.807, 2.05) is 4.98 Å². The van der Waals surface area contributed by atoms with Gasteiger partial charge in [0.05, 0.1) is 12.7 Å². The molecule has 0 spiro atoms. The summed E-state index contributed by atoms with van der Waals surface area (Å²) in [7, 11) is 1.79. The van der Waals surface area contributed by atoms with Crippen molar-refractivity contribution in [1.29, 1.82) is 0 Å². The standard InChI is InChI=1S/C7H6ClF2NO4S/c1-15-7-4(16(8,13)14)2-3(5(9)10)6(12)11-7/h2,5H,1H3,(H,11,12). The molecule has 1 aromatic heterocycles. The van der Waals surface area contributed by atoms with Crippen LogP contribution in [0.4, 0.5) is 8.78 Å². The fourth-order valence-corrected chi connectivity index (χ4v) is 1.97. The Kier molecular flexibility index (Phi) is 3.54. The highest BCUT2D eigenvalue weighted by molar-refractivity contribution is 8.13. The lowest BCUT2D eigenvalue weighted by Crippen LogP contribution is -2.16. The maximum atomic E-state index is 12.3. The number of ether oxygens (including phenoxy) is 1. The molecule has 0 aliphatic heterocycles. The van der Waals surface area contributed by atoms with Crippen molar-refractivity contribution in [2.24, 2.45) is 0 Å². The van der Waals surface area contributed by atoms with Gasteiger partial charge in [0.15, 0.2) is 0 Å². The fraction of sp³-hybridized carbons (Fsp3) is 0.286. The Balaban J connectivity index is 3.60. The van der Waals surface area contributed by atoms with Crippen LogP contribution in [0, 0.1) is 0 Å². The number of hydrogen-bond donors (Lipinski definition) is 1. The maximum Gasteiger partial charge on any atom is 0.269 e. The Hall–Kier alpha value is -1.15. The Labute approximate surface area is 93.4 Å². The predicted octanol–water partition coefficient (Wildman–Crippen LogP) is 1.25. The van der Waals surface area contributed by atoms with Gasteiger partial charge in [-0.05, 0) is 6.07 Å². The summed E-state index contributed by atoms with van der Waals surface area (Å²) in [5.74, 6) is -0.482. The molecule has 0 bridgehead atoms. The lowest BCUT2D eigenvalue weighted by atomic mass is 10.3. The van der Waals surface area contributed by atoms with E-state index < -0.39 is 37.4 Å². The summed E-state index contributed by atoms with van der Waals surface area (Å²) in [5.41, 5.74) is -2.11. The van der Waals surface area contributed by atoms with Gasteiger partial charge >= 0.3 is 0 Å². The Bertz CT molecular complexity index is 554. The van der Waals surface area contributed by atoms with Gasteiger partial charge in [-0.15, -0.1) is 0 Å². The molecule has 0 saturated heterocycles. The fourth-order valence-electron chi connectivity index (χ4n) is 1.00. The SMILES string of the molecule is COc1[nH]c(=O)c(C(F)F)cc1S(=O)(=O)Cl. The van der Waals surface area contributed by atoms with Crippen LogP contribution in [-0.2, 0) is 9.05 Å². The molecular formula is C7H6ClF2NO4S. The van der Waals surface area contributed by atoms with E-state index in [4.69, 9.17) is 10.7 Å². The molecule has 1 N–H and O–H groups in total. The molecule has 0 radical (unpaired) electrons. The molecule has 1 aromatic rings. The number of alkyl halides is 2. The lowest BCUT2D eigenvalue weighted by molar-refractivity contribution is 0.149. The van der Waals surface area contributed by atoms with E-state index in [2.05, 4.69) is 4.74 Å². The normalized spacial score (nSPS) is 11.8. The number of rotatable bonds is 3. The number of aromatic amines is 1.